The number of thiocarbonyl (C=S) groups is 1. The van der Waals surface area contributed by atoms with Gasteiger partial charge in [-0.15, -0.1) is 11.3 Å². The highest BCUT2D eigenvalue weighted by Crippen LogP contribution is 2.26. The Morgan fingerprint density at radius 3 is 2.73 bits per heavy atom. The molecule has 4 nitrogen and oxygen atoms in total. The number of nitrogens with zero attached hydrogens (tertiary/aromatic N) is 1. The standard InChI is InChI=1S/C14H10Cl2N4S2/c15-9-4-3-8(6-10(9)16)17-14(21)18-13-7-11(19-20-13)12-2-1-5-22-12/h1-7H,(H3,17,18,19,20,21). The Morgan fingerprint density at radius 2 is 2.00 bits per heavy atom. The molecule has 0 unspecified atom stereocenters. The smallest absolute Gasteiger partial charge is 0.176 e. The molecule has 3 aromatic rings. The third kappa shape index (κ3) is 3.59. The normalized spacial score (nSPS) is 10.5. The number of nitrogens with one attached hydrogen (secondary N) is 3. The first kappa shape index (κ1) is 15.3. The molecule has 0 radical (unpaired) electrons. The topological polar surface area (TPSA) is 52.7 Å². The van der Waals surface area contributed by atoms with Crippen molar-refractivity contribution < 1.29 is 0 Å². The second-order valence-electron chi connectivity index (χ2n) is 4.35. The minimum Gasteiger partial charge on any atom is -0.332 e. The number of hydrogen-bond acceptors (Lipinski definition) is 3. The molecule has 0 aliphatic carbocycles. The molecule has 8 heteroatoms. The van der Waals surface area contributed by atoms with E-state index in [1.165, 1.54) is 0 Å². The minimum absolute atomic E-state index is 0.419. The molecule has 0 spiro atoms. The highest BCUT2D eigenvalue weighted by Gasteiger charge is 2.07. The molecule has 0 amide bonds. The van der Waals surface area contributed by atoms with Gasteiger partial charge in [0.1, 0.15) is 0 Å². The maximum Gasteiger partial charge on any atom is 0.176 e. The fourth-order valence-corrected chi connectivity index (χ4v) is 3.01. The highest BCUT2D eigenvalue weighted by molar-refractivity contribution is 7.80. The van der Waals surface area contributed by atoms with Crippen molar-refractivity contribution in [2.75, 3.05) is 10.6 Å². The SMILES string of the molecule is S=C(Nc1ccc(Cl)c(Cl)c1)Nc1cc(-c2cccs2)[nH]n1. The van der Waals surface area contributed by atoms with Gasteiger partial charge in [0.15, 0.2) is 10.9 Å². The summed E-state index contributed by atoms with van der Waals surface area (Å²) < 4.78 is 0. The summed E-state index contributed by atoms with van der Waals surface area (Å²) in [6, 6.07) is 11.1. The quantitative estimate of drug-likeness (QED) is 0.552. The number of thiophene rings is 1. The Morgan fingerprint density at radius 1 is 1.14 bits per heavy atom. The zero-order valence-electron chi connectivity index (χ0n) is 11.1. The predicted octanol–water partition coefficient (Wildman–Crippen LogP) is 5.25. The molecule has 0 fully saturated rings. The summed E-state index contributed by atoms with van der Waals surface area (Å²) in [6.45, 7) is 0. The molecule has 0 saturated carbocycles. The number of rotatable bonds is 3. The lowest BCUT2D eigenvalue weighted by molar-refractivity contribution is 1.10. The van der Waals surface area contributed by atoms with E-state index in [2.05, 4.69) is 20.8 Å². The van der Waals surface area contributed by atoms with Crippen molar-refractivity contribution in [2.24, 2.45) is 0 Å². The monoisotopic (exact) mass is 368 g/mol. The van der Waals surface area contributed by atoms with Crippen LogP contribution in [0.2, 0.25) is 10.0 Å². The lowest BCUT2D eigenvalue weighted by Gasteiger charge is -2.09. The van der Waals surface area contributed by atoms with Crippen molar-refractivity contribution >= 4 is 63.4 Å². The second-order valence-corrected chi connectivity index (χ2v) is 6.52. The van der Waals surface area contributed by atoms with Crippen LogP contribution in [0.3, 0.4) is 0 Å². The molecular weight excluding hydrogens is 359 g/mol. The first-order valence-electron chi connectivity index (χ1n) is 6.24. The number of benzene rings is 1. The van der Waals surface area contributed by atoms with Crippen molar-refractivity contribution in [2.45, 2.75) is 0 Å². The van der Waals surface area contributed by atoms with E-state index in [1.807, 2.05) is 23.6 Å². The molecule has 2 aromatic heterocycles. The van der Waals surface area contributed by atoms with Crippen LogP contribution < -0.4 is 10.6 Å². The summed E-state index contributed by atoms with van der Waals surface area (Å²) in [5, 5.41) is 16.6. The summed E-state index contributed by atoms with van der Waals surface area (Å²) >= 11 is 18.7. The third-order valence-electron chi connectivity index (χ3n) is 2.78. The number of halogens is 2. The van der Waals surface area contributed by atoms with E-state index in [-0.39, 0.29) is 0 Å². The van der Waals surface area contributed by atoms with Crippen LogP contribution in [0.25, 0.3) is 10.6 Å². The zero-order chi connectivity index (χ0) is 15.5. The predicted molar refractivity (Wildman–Crippen MR) is 98.2 cm³/mol. The molecule has 0 aliphatic heterocycles. The number of hydrogen-bond donors (Lipinski definition) is 3. The van der Waals surface area contributed by atoms with E-state index in [9.17, 15) is 0 Å². The van der Waals surface area contributed by atoms with Crippen molar-refractivity contribution in [1.29, 1.82) is 0 Å². The van der Waals surface area contributed by atoms with Gasteiger partial charge in [0.05, 0.1) is 20.6 Å². The van der Waals surface area contributed by atoms with Crippen LogP contribution >= 0.6 is 46.8 Å². The van der Waals surface area contributed by atoms with Crippen LogP contribution in [-0.4, -0.2) is 15.3 Å². The first-order valence-corrected chi connectivity index (χ1v) is 8.28. The van der Waals surface area contributed by atoms with E-state index >= 15 is 0 Å². The van der Waals surface area contributed by atoms with Crippen LogP contribution in [0.15, 0.2) is 41.8 Å². The minimum atomic E-state index is 0.419. The molecule has 3 N–H and O–H groups in total. The van der Waals surface area contributed by atoms with Crippen molar-refractivity contribution in [3.8, 4) is 10.6 Å². The summed E-state index contributed by atoms with van der Waals surface area (Å²) in [5.74, 6) is 0.640. The molecule has 3 rings (SSSR count). The van der Waals surface area contributed by atoms with E-state index in [0.29, 0.717) is 21.0 Å². The molecule has 1 aromatic carbocycles. The van der Waals surface area contributed by atoms with Gasteiger partial charge in [0, 0.05) is 11.8 Å². The largest absolute Gasteiger partial charge is 0.332 e. The summed E-state index contributed by atoms with van der Waals surface area (Å²) in [6.07, 6.45) is 0. The van der Waals surface area contributed by atoms with Gasteiger partial charge in [-0.3, -0.25) is 5.10 Å². The average Bonchev–Trinajstić information content (AvgIpc) is 3.13. The van der Waals surface area contributed by atoms with Gasteiger partial charge in [-0.2, -0.15) is 5.10 Å². The maximum atomic E-state index is 5.97. The van der Waals surface area contributed by atoms with Crippen molar-refractivity contribution in [1.82, 2.24) is 10.2 Å². The molecule has 0 atom stereocenters. The van der Waals surface area contributed by atoms with Gasteiger partial charge in [-0.25, -0.2) is 0 Å². The highest BCUT2D eigenvalue weighted by atomic mass is 35.5. The number of aromatic amines is 1. The summed E-state index contributed by atoms with van der Waals surface area (Å²) in [7, 11) is 0. The van der Waals surface area contributed by atoms with Crippen molar-refractivity contribution in [3.63, 3.8) is 0 Å². The van der Waals surface area contributed by atoms with Gasteiger partial charge in [0.25, 0.3) is 0 Å². The number of aromatic nitrogens is 2. The Hall–Kier alpha value is -1.60. The van der Waals surface area contributed by atoms with Crippen molar-refractivity contribution in [3.05, 3.63) is 51.8 Å². The molecule has 2 heterocycles. The molecule has 0 aliphatic rings. The molecule has 22 heavy (non-hydrogen) atoms. The van der Waals surface area contributed by atoms with Gasteiger partial charge in [-0.05, 0) is 41.9 Å². The Balaban J connectivity index is 1.65. The van der Waals surface area contributed by atoms with E-state index in [0.717, 1.165) is 16.3 Å². The third-order valence-corrected chi connectivity index (χ3v) is 4.63. The van der Waals surface area contributed by atoms with Crippen LogP contribution in [0.4, 0.5) is 11.5 Å². The van der Waals surface area contributed by atoms with Gasteiger partial charge >= 0.3 is 0 Å². The van der Waals surface area contributed by atoms with Crippen LogP contribution in [0.1, 0.15) is 0 Å². The van der Waals surface area contributed by atoms with Gasteiger partial charge < -0.3 is 10.6 Å². The van der Waals surface area contributed by atoms with Crippen LogP contribution in [0, 0.1) is 0 Å². The lowest BCUT2D eigenvalue weighted by atomic mass is 10.3. The Labute approximate surface area is 146 Å². The summed E-state index contributed by atoms with van der Waals surface area (Å²) in [5.41, 5.74) is 1.69. The van der Waals surface area contributed by atoms with E-state index in [4.69, 9.17) is 35.4 Å². The second kappa shape index (κ2) is 6.66. The molecule has 0 bridgehead atoms. The lowest BCUT2D eigenvalue weighted by Crippen LogP contribution is -2.19. The Kier molecular flexibility index (Phi) is 4.63. The van der Waals surface area contributed by atoms with Gasteiger partial charge in [0.2, 0.25) is 0 Å². The number of anilines is 2. The molecular formula is C14H10Cl2N4S2. The van der Waals surface area contributed by atoms with Crippen LogP contribution in [-0.2, 0) is 0 Å². The number of H-pyrrole nitrogens is 1. The molecule has 112 valence electrons. The average molecular weight is 369 g/mol. The molecule has 0 saturated heterocycles. The van der Waals surface area contributed by atoms with E-state index < -0.39 is 0 Å². The van der Waals surface area contributed by atoms with Gasteiger partial charge in [-0.1, -0.05) is 29.3 Å². The zero-order valence-corrected chi connectivity index (χ0v) is 14.2. The van der Waals surface area contributed by atoms with E-state index in [1.54, 1.807) is 29.5 Å². The Bertz CT molecular complexity index is 799. The maximum absolute atomic E-state index is 5.97. The van der Waals surface area contributed by atoms with Crippen LogP contribution in [0.5, 0.6) is 0 Å². The fourth-order valence-electron chi connectivity index (χ4n) is 1.80. The fraction of sp³-hybridized carbons (Fsp3) is 0. The first-order chi connectivity index (χ1) is 10.6. The summed E-state index contributed by atoms with van der Waals surface area (Å²) in [4.78, 5) is 1.11.